The molecule has 17 heavy (non-hydrogen) atoms. The van der Waals surface area contributed by atoms with Gasteiger partial charge in [-0.1, -0.05) is 6.92 Å². The molecule has 1 rings (SSSR count). The molecule has 0 amide bonds. The van der Waals surface area contributed by atoms with E-state index in [4.69, 9.17) is 5.11 Å². The van der Waals surface area contributed by atoms with E-state index in [9.17, 15) is 13.2 Å². The van der Waals surface area contributed by atoms with Crippen LogP contribution in [-0.4, -0.2) is 41.9 Å². The Morgan fingerprint density at radius 2 is 2.24 bits per heavy atom. The number of thiazole rings is 1. The predicted octanol–water partition coefficient (Wildman–Crippen LogP) is 1.26. The lowest BCUT2D eigenvalue weighted by Gasteiger charge is -2.22. The minimum absolute atomic E-state index is 0.191. The van der Waals surface area contributed by atoms with Crippen molar-refractivity contribution in [1.29, 1.82) is 0 Å². The van der Waals surface area contributed by atoms with Gasteiger partial charge in [0.2, 0.25) is 0 Å². The molecule has 6 nitrogen and oxygen atoms in total. The van der Waals surface area contributed by atoms with Gasteiger partial charge in [0.1, 0.15) is 0 Å². The Kier molecular flexibility index (Phi) is 4.23. The molecule has 0 aliphatic carbocycles. The van der Waals surface area contributed by atoms with Gasteiger partial charge < -0.3 is 5.11 Å². The van der Waals surface area contributed by atoms with Gasteiger partial charge in [-0.2, -0.15) is 4.31 Å². The number of nitrogens with zero attached hydrogens (tertiary/aromatic N) is 2. The highest BCUT2D eigenvalue weighted by molar-refractivity contribution is 7.91. The maximum atomic E-state index is 12.2. The molecule has 0 bridgehead atoms. The average molecular weight is 278 g/mol. The van der Waals surface area contributed by atoms with E-state index in [-0.39, 0.29) is 10.3 Å². The summed E-state index contributed by atoms with van der Waals surface area (Å²) in [5.41, 5.74) is 0.811. The van der Waals surface area contributed by atoms with Crippen LogP contribution in [0.5, 0.6) is 0 Å². The molecular weight excluding hydrogens is 264 g/mol. The highest BCUT2D eigenvalue weighted by Gasteiger charge is 2.31. The molecule has 1 aromatic heterocycles. The Balaban J connectivity index is 3.22. The van der Waals surface area contributed by atoms with Crippen LogP contribution in [0.25, 0.3) is 0 Å². The first-order valence-corrected chi connectivity index (χ1v) is 7.29. The fraction of sp³-hybridized carbons (Fsp3) is 0.556. The minimum atomic E-state index is -3.77. The van der Waals surface area contributed by atoms with Crippen molar-refractivity contribution in [2.75, 3.05) is 7.05 Å². The molecule has 1 N–H and O–H groups in total. The zero-order valence-electron chi connectivity index (χ0n) is 9.74. The van der Waals surface area contributed by atoms with Gasteiger partial charge in [-0.15, -0.1) is 11.3 Å². The standard InChI is InChI=1S/C9H14N2O4S2/c1-4-6(2)11(3)17(14,15)9-7(8(12)13)10-5-16-9/h5-6H,4H2,1-3H3,(H,12,13). The number of sulfonamides is 1. The molecule has 0 fully saturated rings. The molecule has 1 atom stereocenters. The van der Waals surface area contributed by atoms with E-state index in [1.807, 2.05) is 6.92 Å². The van der Waals surface area contributed by atoms with Crippen molar-refractivity contribution < 1.29 is 18.3 Å². The van der Waals surface area contributed by atoms with Gasteiger partial charge >= 0.3 is 5.97 Å². The highest BCUT2D eigenvalue weighted by Crippen LogP contribution is 2.25. The van der Waals surface area contributed by atoms with Crippen molar-refractivity contribution >= 4 is 27.3 Å². The average Bonchev–Trinajstić information content (AvgIpc) is 2.76. The van der Waals surface area contributed by atoms with Crippen LogP contribution in [0.15, 0.2) is 9.72 Å². The maximum absolute atomic E-state index is 12.2. The zero-order valence-corrected chi connectivity index (χ0v) is 11.4. The number of aromatic nitrogens is 1. The first-order chi connectivity index (χ1) is 7.82. The van der Waals surface area contributed by atoms with Crippen LogP contribution >= 0.6 is 11.3 Å². The van der Waals surface area contributed by atoms with Crippen molar-refractivity contribution in [2.45, 2.75) is 30.5 Å². The summed E-state index contributed by atoms with van der Waals surface area (Å²) in [4.78, 5) is 14.4. The summed E-state index contributed by atoms with van der Waals surface area (Å²) in [5, 5.41) is 8.86. The Morgan fingerprint density at radius 1 is 1.65 bits per heavy atom. The second-order valence-electron chi connectivity index (χ2n) is 3.57. The number of carbonyl (C=O) groups is 1. The smallest absolute Gasteiger partial charge is 0.356 e. The quantitative estimate of drug-likeness (QED) is 0.876. The van der Waals surface area contributed by atoms with Crippen LogP contribution in [0.3, 0.4) is 0 Å². The monoisotopic (exact) mass is 278 g/mol. The minimum Gasteiger partial charge on any atom is -0.476 e. The summed E-state index contributed by atoms with van der Waals surface area (Å²) in [7, 11) is -2.33. The molecule has 1 aromatic rings. The molecule has 0 aliphatic heterocycles. The van der Waals surface area contributed by atoms with Crippen LogP contribution in [0.4, 0.5) is 0 Å². The first kappa shape index (κ1) is 14.1. The lowest BCUT2D eigenvalue weighted by Crippen LogP contribution is -2.34. The van der Waals surface area contributed by atoms with E-state index in [0.717, 1.165) is 11.3 Å². The largest absolute Gasteiger partial charge is 0.476 e. The van der Waals surface area contributed by atoms with Crippen LogP contribution in [0.1, 0.15) is 30.8 Å². The molecule has 0 aromatic carbocycles. The lowest BCUT2D eigenvalue weighted by molar-refractivity contribution is 0.0687. The highest BCUT2D eigenvalue weighted by atomic mass is 32.2. The van der Waals surface area contributed by atoms with Crippen molar-refractivity contribution in [3.63, 3.8) is 0 Å². The molecule has 0 saturated heterocycles. The van der Waals surface area contributed by atoms with Gasteiger partial charge in [0.15, 0.2) is 9.90 Å². The molecule has 0 radical (unpaired) electrons. The van der Waals surface area contributed by atoms with Gasteiger partial charge in [-0.3, -0.25) is 0 Å². The Morgan fingerprint density at radius 3 is 2.71 bits per heavy atom. The summed E-state index contributed by atoms with van der Waals surface area (Å²) in [6.07, 6.45) is 0.650. The van der Waals surface area contributed by atoms with Crippen molar-refractivity contribution in [2.24, 2.45) is 0 Å². The molecule has 0 aliphatic rings. The Bertz CT molecular complexity index is 509. The fourth-order valence-electron chi connectivity index (χ4n) is 1.19. The number of carboxylic acids is 1. The van der Waals surface area contributed by atoms with E-state index in [1.54, 1.807) is 6.92 Å². The molecule has 96 valence electrons. The van der Waals surface area contributed by atoms with E-state index < -0.39 is 21.7 Å². The normalized spacial score (nSPS) is 13.9. The number of hydrogen-bond donors (Lipinski definition) is 1. The Labute approximate surface area is 104 Å². The van der Waals surface area contributed by atoms with E-state index >= 15 is 0 Å². The fourth-order valence-corrected chi connectivity index (χ4v) is 3.93. The predicted molar refractivity (Wildman–Crippen MR) is 63.8 cm³/mol. The van der Waals surface area contributed by atoms with Crippen molar-refractivity contribution in [3.8, 4) is 0 Å². The molecule has 1 heterocycles. The van der Waals surface area contributed by atoms with Crippen LogP contribution < -0.4 is 0 Å². The summed E-state index contributed by atoms with van der Waals surface area (Å²) in [6, 6.07) is -0.191. The van der Waals surface area contributed by atoms with E-state index in [2.05, 4.69) is 4.98 Å². The third kappa shape index (κ3) is 2.64. The first-order valence-electron chi connectivity index (χ1n) is 4.97. The molecule has 8 heteroatoms. The van der Waals surface area contributed by atoms with E-state index in [1.165, 1.54) is 16.9 Å². The topological polar surface area (TPSA) is 87.6 Å². The summed E-state index contributed by atoms with van der Waals surface area (Å²) >= 11 is 0.819. The number of hydrogen-bond acceptors (Lipinski definition) is 5. The van der Waals surface area contributed by atoms with Gasteiger partial charge in [-0.25, -0.2) is 18.2 Å². The van der Waals surface area contributed by atoms with Crippen LogP contribution in [0.2, 0.25) is 0 Å². The molecule has 1 unspecified atom stereocenters. The third-order valence-electron chi connectivity index (χ3n) is 2.56. The molecule has 0 saturated carbocycles. The second kappa shape index (κ2) is 5.11. The number of aromatic carboxylic acids is 1. The van der Waals surface area contributed by atoms with Crippen LogP contribution in [0, 0.1) is 0 Å². The zero-order chi connectivity index (χ0) is 13.2. The lowest BCUT2D eigenvalue weighted by atomic mass is 10.3. The summed E-state index contributed by atoms with van der Waals surface area (Å²) in [6.45, 7) is 3.63. The van der Waals surface area contributed by atoms with Crippen LogP contribution in [-0.2, 0) is 10.0 Å². The Hall–Kier alpha value is -0.990. The molecular formula is C9H14N2O4S2. The van der Waals surface area contributed by atoms with Gasteiger partial charge in [-0.05, 0) is 13.3 Å². The van der Waals surface area contributed by atoms with E-state index in [0.29, 0.717) is 6.42 Å². The number of carboxylic acid groups (broad SMARTS) is 1. The van der Waals surface area contributed by atoms with Gasteiger partial charge in [0, 0.05) is 13.1 Å². The SMILES string of the molecule is CCC(C)N(C)S(=O)(=O)c1scnc1C(=O)O. The maximum Gasteiger partial charge on any atom is 0.356 e. The second-order valence-corrected chi connectivity index (χ2v) is 6.62. The summed E-state index contributed by atoms with van der Waals surface area (Å²) < 4.78 is 25.3. The summed E-state index contributed by atoms with van der Waals surface area (Å²) in [5.74, 6) is -1.33. The van der Waals surface area contributed by atoms with Crippen molar-refractivity contribution in [1.82, 2.24) is 9.29 Å². The third-order valence-corrected chi connectivity index (χ3v) is 5.88. The number of rotatable bonds is 5. The molecule has 0 spiro atoms. The van der Waals surface area contributed by atoms with Gasteiger partial charge in [0.05, 0.1) is 5.51 Å². The van der Waals surface area contributed by atoms with Crippen molar-refractivity contribution in [3.05, 3.63) is 11.2 Å². The van der Waals surface area contributed by atoms with Gasteiger partial charge in [0.25, 0.3) is 10.0 Å².